The molecule has 2 rings (SSSR count). The summed E-state index contributed by atoms with van der Waals surface area (Å²) in [6, 6.07) is 4.06. The van der Waals surface area contributed by atoms with Gasteiger partial charge in [0.05, 0.1) is 6.26 Å². The molecule has 0 saturated carbocycles. The van der Waals surface area contributed by atoms with E-state index in [1.54, 1.807) is 0 Å². The van der Waals surface area contributed by atoms with Crippen LogP contribution in [0.4, 0.5) is 5.69 Å². The minimum Gasteiger partial charge on any atom is -0.326 e. The van der Waals surface area contributed by atoms with Gasteiger partial charge >= 0.3 is 0 Å². The second kappa shape index (κ2) is 9.51. The smallest absolute Gasteiger partial charge is 0.225 e. The van der Waals surface area contributed by atoms with Crippen molar-refractivity contribution in [2.24, 2.45) is 0 Å². The molecule has 0 atom stereocenters. The van der Waals surface area contributed by atoms with Crippen LogP contribution in [0.25, 0.3) is 0 Å². The van der Waals surface area contributed by atoms with Gasteiger partial charge in [-0.15, -0.1) is 0 Å². The van der Waals surface area contributed by atoms with Gasteiger partial charge in [-0.2, -0.15) is 0 Å². The van der Waals surface area contributed by atoms with Gasteiger partial charge in [-0.3, -0.25) is 4.79 Å². The van der Waals surface area contributed by atoms with Crippen LogP contribution in [0, 0.1) is 20.8 Å². The lowest BCUT2D eigenvalue weighted by atomic mass is 9.97. The van der Waals surface area contributed by atoms with Crippen LogP contribution >= 0.6 is 0 Å². The zero-order valence-electron chi connectivity index (χ0n) is 17.0. The number of hydrogen-bond donors (Lipinski definition) is 1. The number of rotatable bonds is 8. The molecule has 1 aromatic carbocycles. The molecule has 0 spiro atoms. The van der Waals surface area contributed by atoms with Crippen LogP contribution in [0.3, 0.4) is 0 Å². The topological polar surface area (TPSA) is 66.5 Å². The van der Waals surface area contributed by atoms with E-state index in [0.29, 0.717) is 6.54 Å². The van der Waals surface area contributed by atoms with E-state index in [-0.39, 0.29) is 18.9 Å². The lowest BCUT2D eigenvalue weighted by Crippen LogP contribution is -2.34. The molecule has 1 aromatic rings. The molecule has 1 aliphatic rings. The van der Waals surface area contributed by atoms with E-state index in [2.05, 4.69) is 11.4 Å². The zero-order chi connectivity index (χ0) is 20.0. The minimum atomic E-state index is -3.33. The Bertz CT molecular complexity index is 790. The normalized spacial score (nSPS) is 14.9. The minimum absolute atomic E-state index is 0.152. The van der Waals surface area contributed by atoms with Gasteiger partial charge in [0, 0.05) is 25.2 Å². The average molecular weight is 393 g/mol. The Morgan fingerprint density at radius 1 is 1.11 bits per heavy atom. The number of benzene rings is 1. The van der Waals surface area contributed by atoms with Gasteiger partial charge < -0.3 is 5.32 Å². The molecule has 0 radical (unpaired) electrons. The quantitative estimate of drug-likeness (QED) is 0.678. The number of nitrogens with one attached hydrogen (secondary N) is 1. The number of amides is 1. The van der Waals surface area contributed by atoms with Gasteiger partial charge in [-0.25, -0.2) is 12.7 Å². The predicted molar refractivity (Wildman–Crippen MR) is 111 cm³/mol. The summed E-state index contributed by atoms with van der Waals surface area (Å²) in [7, 11) is -3.33. The van der Waals surface area contributed by atoms with Gasteiger partial charge in [0.2, 0.25) is 15.9 Å². The summed E-state index contributed by atoms with van der Waals surface area (Å²) in [5.74, 6) is -0.157. The molecule has 1 aliphatic carbocycles. The fourth-order valence-electron chi connectivity index (χ4n) is 3.65. The molecular formula is C21H32N2O3S. The molecule has 0 aromatic heterocycles. The number of nitrogens with zero attached hydrogens (tertiary/aromatic N) is 1. The number of carbonyl (C=O) groups excluding carboxylic acids is 1. The fraction of sp³-hybridized carbons (Fsp3) is 0.571. The molecule has 0 heterocycles. The molecule has 5 nitrogen and oxygen atoms in total. The number of allylic oxidation sites excluding steroid dienone is 1. The van der Waals surface area contributed by atoms with Crippen LogP contribution in [-0.2, 0) is 14.8 Å². The number of hydrogen-bond acceptors (Lipinski definition) is 3. The summed E-state index contributed by atoms with van der Waals surface area (Å²) in [5, 5.41) is 2.95. The van der Waals surface area contributed by atoms with Crippen LogP contribution in [0.5, 0.6) is 0 Å². The van der Waals surface area contributed by atoms with Crippen molar-refractivity contribution in [2.75, 3.05) is 24.7 Å². The van der Waals surface area contributed by atoms with Crippen molar-refractivity contribution in [1.82, 2.24) is 4.31 Å². The summed E-state index contributed by atoms with van der Waals surface area (Å²) < 4.78 is 25.6. The van der Waals surface area contributed by atoms with Crippen LogP contribution in [0.1, 0.15) is 55.2 Å². The number of sulfonamides is 1. The molecule has 27 heavy (non-hydrogen) atoms. The average Bonchev–Trinajstić information content (AvgIpc) is 2.57. The molecule has 6 heteroatoms. The summed E-state index contributed by atoms with van der Waals surface area (Å²) in [4.78, 5) is 12.4. The fourth-order valence-corrected chi connectivity index (χ4v) is 4.49. The SMILES string of the molecule is Cc1cc(C)c(NC(=O)CCN(CCC2=CCCCC2)S(C)(=O)=O)c(C)c1. The molecular weight excluding hydrogens is 360 g/mol. The van der Waals surface area contributed by atoms with Gasteiger partial charge in [0.15, 0.2) is 0 Å². The summed E-state index contributed by atoms with van der Waals surface area (Å²) >= 11 is 0. The monoisotopic (exact) mass is 392 g/mol. The van der Waals surface area contributed by atoms with Crippen molar-refractivity contribution in [3.05, 3.63) is 40.5 Å². The molecule has 0 fully saturated rings. The Kier molecular flexibility index (Phi) is 7.62. The first-order valence-corrected chi connectivity index (χ1v) is 11.5. The van der Waals surface area contributed by atoms with Crippen molar-refractivity contribution < 1.29 is 13.2 Å². The van der Waals surface area contributed by atoms with Crippen molar-refractivity contribution >= 4 is 21.6 Å². The first kappa shape index (κ1) is 21.6. The van der Waals surface area contributed by atoms with E-state index in [1.165, 1.54) is 29.0 Å². The molecule has 0 aliphatic heterocycles. The van der Waals surface area contributed by atoms with Crippen molar-refractivity contribution in [1.29, 1.82) is 0 Å². The number of carbonyl (C=O) groups is 1. The highest BCUT2D eigenvalue weighted by Crippen LogP contribution is 2.23. The van der Waals surface area contributed by atoms with Gasteiger partial charge in [-0.05, 0) is 64.0 Å². The molecule has 0 saturated heterocycles. The van der Waals surface area contributed by atoms with Crippen molar-refractivity contribution in [3.63, 3.8) is 0 Å². The highest BCUT2D eigenvalue weighted by Gasteiger charge is 2.19. The van der Waals surface area contributed by atoms with Crippen molar-refractivity contribution in [3.8, 4) is 0 Å². The van der Waals surface area contributed by atoms with Gasteiger partial charge in [0.25, 0.3) is 0 Å². The zero-order valence-corrected chi connectivity index (χ0v) is 17.8. The maximum Gasteiger partial charge on any atom is 0.225 e. The highest BCUT2D eigenvalue weighted by atomic mass is 32.2. The highest BCUT2D eigenvalue weighted by molar-refractivity contribution is 7.88. The maximum atomic E-state index is 12.4. The predicted octanol–water partition coefficient (Wildman–Crippen LogP) is 4.09. The summed E-state index contributed by atoms with van der Waals surface area (Å²) in [6.07, 6.45) is 8.91. The maximum absolute atomic E-state index is 12.4. The first-order valence-electron chi connectivity index (χ1n) is 9.67. The van der Waals surface area contributed by atoms with E-state index in [1.807, 2.05) is 32.9 Å². The summed E-state index contributed by atoms with van der Waals surface area (Å²) in [5.41, 5.74) is 5.35. The second-order valence-electron chi connectivity index (χ2n) is 7.59. The lowest BCUT2D eigenvalue weighted by molar-refractivity contribution is -0.116. The van der Waals surface area contributed by atoms with E-state index in [0.717, 1.165) is 41.6 Å². The van der Waals surface area contributed by atoms with Crippen LogP contribution in [-0.4, -0.2) is 38.0 Å². The van der Waals surface area contributed by atoms with Crippen LogP contribution < -0.4 is 5.32 Å². The molecule has 150 valence electrons. The first-order chi connectivity index (χ1) is 12.7. The Morgan fingerprint density at radius 3 is 2.33 bits per heavy atom. The largest absolute Gasteiger partial charge is 0.326 e. The molecule has 0 unspecified atom stereocenters. The molecule has 1 N–H and O–H groups in total. The Morgan fingerprint density at radius 2 is 1.78 bits per heavy atom. The van der Waals surface area contributed by atoms with Gasteiger partial charge in [0.1, 0.15) is 0 Å². The van der Waals surface area contributed by atoms with E-state index in [9.17, 15) is 13.2 Å². The van der Waals surface area contributed by atoms with Crippen LogP contribution in [0.2, 0.25) is 0 Å². The number of anilines is 1. The van der Waals surface area contributed by atoms with Crippen molar-refractivity contribution in [2.45, 2.75) is 59.3 Å². The third-order valence-electron chi connectivity index (χ3n) is 5.07. The Labute approximate surface area is 163 Å². The summed E-state index contributed by atoms with van der Waals surface area (Å²) in [6.45, 7) is 6.62. The van der Waals surface area contributed by atoms with Gasteiger partial charge in [-0.1, -0.05) is 29.3 Å². The molecule has 0 bridgehead atoms. The molecule has 1 amide bonds. The van der Waals surface area contributed by atoms with E-state index < -0.39 is 10.0 Å². The third kappa shape index (κ3) is 6.78. The number of aryl methyl sites for hydroxylation is 3. The Hall–Kier alpha value is -1.66. The van der Waals surface area contributed by atoms with E-state index in [4.69, 9.17) is 0 Å². The second-order valence-corrected chi connectivity index (χ2v) is 9.57. The Balaban J connectivity index is 1.94. The standard InChI is InChI=1S/C21H32N2O3S/c1-16-14-17(2)21(18(3)15-16)22-20(24)11-13-23(27(4,25)26)12-10-19-8-6-5-7-9-19/h8,14-15H,5-7,9-13H2,1-4H3,(H,22,24). The third-order valence-corrected chi connectivity index (χ3v) is 6.37. The van der Waals surface area contributed by atoms with E-state index >= 15 is 0 Å². The lowest BCUT2D eigenvalue weighted by Gasteiger charge is -2.22. The van der Waals surface area contributed by atoms with Crippen LogP contribution in [0.15, 0.2) is 23.8 Å².